The van der Waals surface area contributed by atoms with Gasteiger partial charge in [0.2, 0.25) is 0 Å². The van der Waals surface area contributed by atoms with E-state index in [1.807, 2.05) is 13.8 Å². The lowest BCUT2D eigenvalue weighted by molar-refractivity contribution is -0.140. The lowest BCUT2D eigenvalue weighted by atomic mass is 10.2. The molecule has 17 heavy (non-hydrogen) atoms. The van der Waals surface area contributed by atoms with E-state index in [1.165, 1.54) is 0 Å². The Morgan fingerprint density at radius 2 is 1.88 bits per heavy atom. The number of aliphatic carboxylic acids is 1. The van der Waals surface area contributed by atoms with Crippen LogP contribution in [-0.2, 0) is 9.53 Å². The van der Waals surface area contributed by atoms with Crippen LogP contribution < -0.4 is 10.6 Å². The SMILES string of the molecule is CCC(C)NC(NC(=O)OC(C)(C)C)C(=O)O. The highest BCUT2D eigenvalue weighted by atomic mass is 16.6. The summed E-state index contributed by atoms with van der Waals surface area (Å²) in [5.41, 5.74) is -0.649. The highest BCUT2D eigenvalue weighted by Crippen LogP contribution is 2.06. The van der Waals surface area contributed by atoms with E-state index in [9.17, 15) is 9.59 Å². The van der Waals surface area contributed by atoms with Gasteiger partial charge in [-0.1, -0.05) is 6.92 Å². The molecule has 1 amide bonds. The summed E-state index contributed by atoms with van der Waals surface area (Å²) in [4.78, 5) is 22.3. The van der Waals surface area contributed by atoms with Crippen molar-refractivity contribution in [3.8, 4) is 0 Å². The number of carbonyl (C=O) groups is 2. The lowest BCUT2D eigenvalue weighted by Gasteiger charge is -2.23. The van der Waals surface area contributed by atoms with Crippen molar-refractivity contribution in [2.24, 2.45) is 0 Å². The summed E-state index contributed by atoms with van der Waals surface area (Å²) in [5.74, 6) is -1.14. The summed E-state index contributed by atoms with van der Waals surface area (Å²) in [7, 11) is 0. The summed E-state index contributed by atoms with van der Waals surface area (Å²) in [5, 5.41) is 14.0. The van der Waals surface area contributed by atoms with E-state index in [1.54, 1.807) is 20.8 Å². The summed E-state index contributed by atoms with van der Waals surface area (Å²) >= 11 is 0. The van der Waals surface area contributed by atoms with Gasteiger partial charge < -0.3 is 9.84 Å². The Kier molecular flexibility index (Phi) is 5.95. The maximum Gasteiger partial charge on any atom is 0.409 e. The smallest absolute Gasteiger partial charge is 0.409 e. The summed E-state index contributed by atoms with van der Waals surface area (Å²) in [6.45, 7) is 8.90. The van der Waals surface area contributed by atoms with Gasteiger partial charge in [0, 0.05) is 6.04 Å². The highest BCUT2D eigenvalue weighted by molar-refractivity contribution is 5.79. The van der Waals surface area contributed by atoms with Gasteiger partial charge in [-0.3, -0.25) is 10.6 Å². The fraction of sp³-hybridized carbons (Fsp3) is 0.818. The van der Waals surface area contributed by atoms with Crippen LogP contribution in [0.4, 0.5) is 4.79 Å². The maximum absolute atomic E-state index is 11.4. The van der Waals surface area contributed by atoms with Crippen molar-refractivity contribution in [2.45, 2.75) is 58.8 Å². The van der Waals surface area contributed by atoms with Crippen LogP contribution in [0.15, 0.2) is 0 Å². The molecule has 0 spiro atoms. The maximum atomic E-state index is 11.4. The molecule has 6 heteroatoms. The summed E-state index contributed by atoms with van der Waals surface area (Å²) < 4.78 is 4.98. The van der Waals surface area contributed by atoms with Crippen LogP contribution >= 0.6 is 0 Å². The van der Waals surface area contributed by atoms with Gasteiger partial charge in [-0.15, -0.1) is 0 Å². The Morgan fingerprint density at radius 1 is 1.35 bits per heavy atom. The molecule has 0 saturated carbocycles. The Morgan fingerprint density at radius 3 is 2.24 bits per heavy atom. The zero-order valence-electron chi connectivity index (χ0n) is 11.0. The minimum atomic E-state index is -1.14. The van der Waals surface area contributed by atoms with E-state index in [-0.39, 0.29) is 6.04 Å². The molecule has 0 heterocycles. The summed E-state index contributed by atoms with van der Waals surface area (Å²) in [6, 6.07) is -0.00830. The molecule has 0 rings (SSSR count). The minimum Gasteiger partial charge on any atom is -0.479 e. The first-order valence-corrected chi connectivity index (χ1v) is 5.64. The van der Waals surface area contributed by atoms with Gasteiger partial charge in [0.05, 0.1) is 0 Å². The monoisotopic (exact) mass is 246 g/mol. The van der Waals surface area contributed by atoms with Crippen molar-refractivity contribution < 1.29 is 19.4 Å². The fourth-order valence-corrected chi connectivity index (χ4v) is 1.00. The molecule has 0 radical (unpaired) electrons. The largest absolute Gasteiger partial charge is 0.479 e. The van der Waals surface area contributed by atoms with Gasteiger partial charge >= 0.3 is 12.1 Å². The Hall–Kier alpha value is -1.30. The predicted molar refractivity (Wildman–Crippen MR) is 63.7 cm³/mol. The third-order valence-electron chi connectivity index (χ3n) is 1.97. The number of rotatable bonds is 5. The van der Waals surface area contributed by atoms with Gasteiger partial charge in [-0.25, -0.2) is 9.59 Å². The minimum absolute atomic E-state index is 0.00830. The van der Waals surface area contributed by atoms with E-state index >= 15 is 0 Å². The van der Waals surface area contributed by atoms with Gasteiger partial charge in [-0.2, -0.15) is 0 Å². The third kappa shape index (κ3) is 7.57. The molecule has 2 atom stereocenters. The first-order chi connectivity index (χ1) is 7.65. The zero-order chi connectivity index (χ0) is 13.6. The number of nitrogens with one attached hydrogen (secondary N) is 2. The standard InChI is InChI=1S/C11H22N2O4/c1-6-7(2)12-8(9(14)15)13-10(16)17-11(3,4)5/h7-8,12H,6H2,1-5H3,(H,13,16)(H,14,15). The predicted octanol–water partition coefficient (Wildman–Crippen LogP) is 1.31. The second kappa shape index (κ2) is 6.44. The van der Waals surface area contributed by atoms with E-state index in [4.69, 9.17) is 9.84 Å². The highest BCUT2D eigenvalue weighted by Gasteiger charge is 2.24. The van der Waals surface area contributed by atoms with Crippen LogP contribution in [0.5, 0.6) is 0 Å². The van der Waals surface area contributed by atoms with Crippen LogP contribution in [0.3, 0.4) is 0 Å². The van der Waals surface area contributed by atoms with Gasteiger partial charge in [0.25, 0.3) is 0 Å². The van der Waals surface area contributed by atoms with E-state index in [0.717, 1.165) is 6.42 Å². The first kappa shape index (κ1) is 15.7. The number of carboxylic acids is 1. The van der Waals surface area contributed by atoms with Crippen LogP contribution in [-0.4, -0.2) is 35.0 Å². The molecule has 6 nitrogen and oxygen atoms in total. The molecular formula is C11H22N2O4. The molecule has 2 unspecified atom stereocenters. The van der Waals surface area contributed by atoms with Crippen LogP contribution in [0.25, 0.3) is 0 Å². The Labute approximate surface area is 102 Å². The number of hydrogen-bond donors (Lipinski definition) is 3. The molecular weight excluding hydrogens is 224 g/mol. The summed E-state index contributed by atoms with van der Waals surface area (Å²) in [6.07, 6.45) is -1.12. The molecule has 0 saturated heterocycles. The second-order valence-corrected chi connectivity index (χ2v) is 4.89. The van der Waals surface area contributed by atoms with Gasteiger partial charge in [0.1, 0.15) is 5.60 Å². The number of amides is 1. The Bertz CT molecular complexity index is 273. The molecule has 0 aliphatic carbocycles. The normalized spacial score (nSPS) is 14.9. The van der Waals surface area contributed by atoms with Crippen molar-refractivity contribution in [3.05, 3.63) is 0 Å². The Balaban J connectivity index is 4.35. The molecule has 3 N–H and O–H groups in total. The van der Waals surface area contributed by atoms with Crippen LogP contribution in [0.1, 0.15) is 41.0 Å². The van der Waals surface area contributed by atoms with E-state index < -0.39 is 23.8 Å². The quantitative estimate of drug-likeness (QED) is 0.637. The topological polar surface area (TPSA) is 87.7 Å². The average molecular weight is 246 g/mol. The molecule has 0 bridgehead atoms. The number of alkyl carbamates (subject to hydrolysis) is 1. The van der Waals surface area contributed by atoms with Crippen molar-refractivity contribution in [1.82, 2.24) is 10.6 Å². The second-order valence-electron chi connectivity index (χ2n) is 4.89. The van der Waals surface area contributed by atoms with Crippen LogP contribution in [0.2, 0.25) is 0 Å². The molecule has 0 aromatic rings. The number of carbonyl (C=O) groups excluding carboxylic acids is 1. The molecule has 0 aromatic carbocycles. The lowest BCUT2D eigenvalue weighted by Crippen LogP contribution is -2.54. The van der Waals surface area contributed by atoms with Crippen molar-refractivity contribution in [1.29, 1.82) is 0 Å². The molecule has 100 valence electrons. The number of hydrogen-bond acceptors (Lipinski definition) is 4. The van der Waals surface area contributed by atoms with Crippen molar-refractivity contribution in [2.75, 3.05) is 0 Å². The fourth-order valence-electron chi connectivity index (χ4n) is 1.00. The van der Waals surface area contributed by atoms with Crippen molar-refractivity contribution >= 4 is 12.1 Å². The van der Waals surface area contributed by atoms with Gasteiger partial charge in [-0.05, 0) is 34.1 Å². The average Bonchev–Trinajstić information content (AvgIpc) is 2.13. The van der Waals surface area contributed by atoms with Crippen LogP contribution in [0, 0.1) is 0 Å². The molecule has 0 aliphatic rings. The van der Waals surface area contributed by atoms with Crippen molar-refractivity contribution in [3.63, 3.8) is 0 Å². The zero-order valence-corrected chi connectivity index (χ0v) is 11.0. The number of carboxylic acid groups (broad SMARTS) is 1. The van der Waals surface area contributed by atoms with E-state index in [2.05, 4.69) is 10.6 Å². The first-order valence-electron chi connectivity index (χ1n) is 5.64. The molecule has 0 aromatic heterocycles. The third-order valence-corrected chi connectivity index (χ3v) is 1.97. The molecule has 0 aliphatic heterocycles. The molecule has 0 fully saturated rings. The number of ether oxygens (including phenoxy) is 1. The van der Waals surface area contributed by atoms with E-state index in [0.29, 0.717) is 0 Å². The van der Waals surface area contributed by atoms with Gasteiger partial charge in [0.15, 0.2) is 6.17 Å².